The number of nitrogens with zero attached hydrogens (tertiary/aromatic N) is 2. The molecule has 1 aliphatic heterocycles. The maximum absolute atomic E-state index is 5.31. The topological polar surface area (TPSA) is 27.7 Å². The summed E-state index contributed by atoms with van der Waals surface area (Å²) in [6, 6.07) is 8.94. The van der Waals surface area contributed by atoms with Gasteiger partial charge in [-0.15, -0.1) is 0 Å². The summed E-state index contributed by atoms with van der Waals surface area (Å²) in [5.41, 5.74) is 1.27. The molecule has 0 aliphatic carbocycles. The molecule has 118 valence electrons. The molecule has 1 N–H and O–H groups in total. The summed E-state index contributed by atoms with van der Waals surface area (Å²) in [5, 5.41) is 3.57. The molecule has 4 heteroatoms. The van der Waals surface area contributed by atoms with E-state index in [-0.39, 0.29) is 0 Å². The third-order valence-electron chi connectivity index (χ3n) is 4.07. The van der Waals surface area contributed by atoms with Crippen LogP contribution in [-0.2, 0) is 0 Å². The minimum Gasteiger partial charge on any atom is -0.497 e. The summed E-state index contributed by atoms with van der Waals surface area (Å²) in [6.45, 7) is 11.2. The van der Waals surface area contributed by atoms with Crippen molar-refractivity contribution in [3.8, 4) is 5.75 Å². The Morgan fingerprint density at radius 3 is 2.67 bits per heavy atom. The van der Waals surface area contributed by atoms with Crippen LogP contribution in [0, 0.1) is 0 Å². The zero-order chi connectivity index (χ0) is 15.1. The van der Waals surface area contributed by atoms with Gasteiger partial charge in [-0.2, -0.15) is 0 Å². The second kappa shape index (κ2) is 8.25. The number of hydrogen-bond acceptors (Lipinski definition) is 4. The van der Waals surface area contributed by atoms with E-state index in [4.69, 9.17) is 4.74 Å². The van der Waals surface area contributed by atoms with Crippen LogP contribution in [0.2, 0.25) is 0 Å². The molecule has 1 aromatic carbocycles. The molecule has 0 radical (unpaired) electrons. The highest BCUT2D eigenvalue weighted by molar-refractivity contribution is 5.51. The van der Waals surface area contributed by atoms with E-state index in [1.807, 2.05) is 6.07 Å². The fourth-order valence-electron chi connectivity index (χ4n) is 2.84. The first kappa shape index (κ1) is 16.1. The van der Waals surface area contributed by atoms with Crippen LogP contribution < -0.4 is 15.0 Å². The highest BCUT2D eigenvalue weighted by Crippen LogP contribution is 2.22. The van der Waals surface area contributed by atoms with Gasteiger partial charge in [0.2, 0.25) is 0 Å². The molecule has 1 heterocycles. The van der Waals surface area contributed by atoms with Crippen LogP contribution in [0.4, 0.5) is 5.69 Å². The Bertz CT molecular complexity index is 416. The number of ether oxygens (including phenoxy) is 1. The average Bonchev–Trinajstić information content (AvgIpc) is 2.53. The van der Waals surface area contributed by atoms with Crippen LogP contribution in [-0.4, -0.2) is 57.3 Å². The molecule has 2 rings (SSSR count). The lowest BCUT2D eigenvalue weighted by Gasteiger charge is -2.37. The van der Waals surface area contributed by atoms with Gasteiger partial charge in [-0.25, -0.2) is 0 Å². The standard InChI is InChI=1S/C17H29N3O/c1-4-8-18-15(2)14-19-9-11-20(12-10-19)16-6-5-7-17(13-16)21-3/h5-7,13,15,18H,4,8-12,14H2,1-3H3. The zero-order valence-corrected chi connectivity index (χ0v) is 13.6. The van der Waals surface area contributed by atoms with Gasteiger partial charge in [-0.3, -0.25) is 4.90 Å². The fraction of sp³-hybridized carbons (Fsp3) is 0.647. The molecule has 0 saturated carbocycles. The lowest BCUT2D eigenvalue weighted by Crippen LogP contribution is -2.50. The van der Waals surface area contributed by atoms with Gasteiger partial charge in [0.05, 0.1) is 7.11 Å². The van der Waals surface area contributed by atoms with E-state index < -0.39 is 0 Å². The quantitative estimate of drug-likeness (QED) is 0.833. The van der Waals surface area contributed by atoms with Crippen molar-refractivity contribution in [3.05, 3.63) is 24.3 Å². The molecule has 1 aromatic rings. The maximum atomic E-state index is 5.31. The minimum absolute atomic E-state index is 0.577. The Morgan fingerprint density at radius 1 is 1.24 bits per heavy atom. The van der Waals surface area contributed by atoms with Crippen LogP contribution in [0.1, 0.15) is 20.3 Å². The minimum atomic E-state index is 0.577. The van der Waals surface area contributed by atoms with Gasteiger partial charge in [0, 0.05) is 50.5 Å². The maximum Gasteiger partial charge on any atom is 0.120 e. The lowest BCUT2D eigenvalue weighted by atomic mass is 10.2. The molecule has 1 atom stereocenters. The van der Waals surface area contributed by atoms with Crippen molar-refractivity contribution in [2.75, 3.05) is 51.3 Å². The second-order valence-electron chi connectivity index (χ2n) is 5.84. The van der Waals surface area contributed by atoms with E-state index in [1.165, 1.54) is 12.1 Å². The van der Waals surface area contributed by atoms with Crippen molar-refractivity contribution in [1.29, 1.82) is 0 Å². The molecule has 21 heavy (non-hydrogen) atoms. The van der Waals surface area contributed by atoms with Gasteiger partial charge in [0.25, 0.3) is 0 Å². The van der Waals surface area contributed by atoms with Gasteiger partial charge in [-0.05, 0) is 32.0 Å². The van der Waals surface area contributed by atoms with E-state index >= 15 is 0 Å². The largest absolute Gasteiger partial charge is 0.497 e. The van der Waals surface area contributed by atoms with E-state index in [9.17, 15) is 0 Å². The third kappa shape index (κ3) is 4.90. The van der Waals surface area contributed by atoms with Crippen molar-refractivity contribution < 1.29 is 4.74 Å². The van der Waals surface area contributed by atoms with Crippen molar-refractivity contribution in [2.45, 2.75) is 26.3 Å². The molecule has 0 spiro atoms. The normalized spacial score (nSPS) is 17.8. The first-order valence-electron chi connectivity index (χ1n) is 8.07. The van der Waals surface area contributed by atoms with Gasteiger partial charge in [-0.1, -0.05) is 13.0 Å². The number of hydrogen-bond donors (Lipinski definition) is 1. The number of anilines is 1. The first-order chi connectivity index (χ1) is 10.2. The molecule has 1 aliphatic rings. The van der Waals surface area contributed by atoms with Gasteiger partial charge in [0.15, 0.2) is 0 Å². The predicted molar refractivity (Wildman–Crippen MR) is 89.4 cm³/mol. The van der Waals surface area contributed by atoms with Crippen LogP contribution in [0.5, 0.6) is 5.75 Å². The van der Waals surface area contributed by atoms with Crippen LogP contribution in [0.25, 0.3) is 0 Å². The Labute approximate surface area is 129 Å². The van der Waals surface area contributed by atoms with Crippen LogP contribution in [0.3, 0.4) is 0 Å². The first-order valence-corrected chi connectivity index (χ1v) is 8.07. The van der Waals surface area contributed by atoms with Gasteiger partial charge >= 0.3 is 0 Å². The van der Waals surface area contributed by atoms with E-state index in [1.54, 1.807) is 7.11 Å². The molecule has 0 bridgehead atoms. The second-order valence-corrected chi connectivity index (χ2v) is 5.84. The summed E-state index contributed by atoms with van der Waals surface area (Å²) in [6.07, 6.45) is 1.20. The summed E-state index contributed by atoms with van der Waals surface area (Å²) >= 11 is 0. The number of nitrogens with one attached hydrogen (secondary N) is 1. The monoisotopic (exact) mass is 291 g/mol. The van der Waals surface area contributed by atoms with E-state index in [0.29, 0.717) is 6.04 Å². The highest BCUT2D eigenvalue weighted by atomic mass is 16.5. The number of piperazine rings is 1. The van der Waals surface area contributed by atoms with Crippen LogP contribution in [0.15, 0.2) is 24.3 Å². The van der Waals surface area contributed by atoms with Crippen molar-refractivity contribution in [2.24, 2.45) is 0 Å². The Kier molecular flexibility index (Phi) is 6.33. The molecule has 0 aromatic heterocycles. The summed E-state index contributed by atoms with van der Waals surface area (Å²) in [4.78, 5) is 5.01. The third-order valence-corrected chi connectivity index (χ3v) is 4.07. The van der Waals surface area contributed by atoms with Gasteiger partial charge < -0.3 is 15.0 Å². The molecule has 1 unspecified atom stereocenters. The molecule has 0 amide bonds. The number of methoxy groups -OCH3 is 1. The van der Waals surface area contributed by atoms with E-state index in [2.05, 4.69) is 47.2 Å². The number of rotatable bonds is 7. The smallest absolute Gasteiger partial charge is 0.120 e. The van der Waals surface area contributed by atoms with Gasteiger partial charge in [0.1, 0.15) is 5.75 Å². The van der Waals surface area contributed by atoms with Crippen molar-refractivity contribution in [1.82, 2.24) is 10.2 Å². The van der Waals surface area contributed by atoms with Crippen molar-refractivity contribution in [3.63, 3.8) is 0 Å². The highest BCUT2D eigenvalue weighted by Gasteiger charge is 2.18. The lowest BCUT2D eigenvalue weighted by molar-refractivity contribution is 0.234. The molecule has 4 nitrogen and oxygen atoms in total. The van der Waals surface area contributed by atoms with Crippen LogP contribution >= 0.6 is 0 Å². The fourth-order valence-corrected chi connectivity index (χ4v) is 2.84. The Hall–Kier alpha value is -1.26. The molecular weight excluding hydrogens is 262 g/mol. The molecular formula is C17H29N3O. The summed E-state index contributed by atoms with van der Waals surface area (Å²) < 4.78 is 5.31. The SMILES string of the molecule is CCCNC(C)CN1CCN(c2cccc(OC)c2)CC1. The van der Waals surface area contributed by atoms with Crippen molar-refractivity contribution >= 4 is 5.69 Å². The number of benzene rings is 1. The summed E-state index contributed by atoms with van der Waals surface area (Å²) in [5.74, 6) is 0.937. The van der Waals surface area contributed by atoms with E-state index in [0.717, 1.165) is 45.0 Å². The Morgan fingerprint density at radius 2 is 2.00 bits per heavy atom. The average molecular weight is 291 g/mol. The molecule has 1 fully saturated rings. The Balaban J connectivity index is 1.79. The molecule has 1 saturated heterocycles. The zero-order valence-electron chi connectivity index (χ0n) is 13.6. The predicted octanol–water partition coefficient (Wildman–Crippen LogP) is 2.21. The summed E-state index contributed by atoms with van der Waals surface area (Å²) in [7, 11) is 1.72.